The smallest absolute Gasteiger partial charge is 0.337 e. The number of rotatable bonds is 22. The molecule has 6 aliphatic rings. The zero-order valence-corrected chi connectivity index (χ0v) is 91.6. The summed E-state index contributed by atoms with van der Waals surface area (Å²) in [5.74, 6) is 2.88. The number of allylic oxidation sites excluding steroid dienone is 1. The van der Waals surface area contributed by atoms with Crippen LogP contribution in [0, 0.1) is 11.8 Å². The van der Waals surface area contributed by atoms with Crippen molar-refractivity contribution in [1.29, 1.82) is 0 Å². The van der Waals surface area contributed by atoms with Crippen molar-refractivity contribution in [1.82, 2.24) is 30.6 Å². The minimum Gasteiger partial charge on any atom is -0.465 e. The van der Waals surface area contributed by atoms with Gasteiger partial charge in [0.1, 0.15) is 22.9 Å². The number of nitrogens with one attached hydrogen (secondary N) is 1. The lowest BCUT2D eigenvalue weighted by atomic mass is 9.99. The number of hydrogen-bond donors (Lipinski definition) is 5. The highest BCUT2D eigenvalue weighted by Crippen LogP contribution is 2.51. The number of nitrogens with two attached hydrogens (primary N) is 4. The number of aromatic nitrogens is 5. The Morgan fingerprint density at radius 2 is 0.872 bits per heavy atom. The predicted molar refractivity (Wildman–Crippen MR) is 579 cm³/mol. The average molecular weight is 2300 g/mol. The molecule has 5 aromatic heterocycles. The number of esters is 6. The molecule has 27 nitrogen and oxygen atoms in total. The third kappa shape index (κ3) is 26.5. The van der Waals surface area contributed by atoms with Crippen LogP contribution >= 0.6 is 136 Å². The maximum absolute atomic E-state index is 12.3. The number of hydrogen-bond acceptors (Lipinski definition) is 30. The first-order valence-corrected chi connectivity index (χ1v) is 51.2. The molecule has 0 radical (unpaired) electrons. The van der Waals surface area contributed by atoms with Crippen molar-refractivity contribution in [2.24, 2.45) is 11.8 Å². The fraction of sp³-hybridized carbons (Fsp3) is 0.375. The molecular formula is C104H114Br2Cl4IN11O16S3. The fourth-order valence-corrected chi connectivity index (χ4v) is 22.3. The molecule has 4 bridgehead atoms. The van der Waals surface area contributed by atoms with Crippen LogP contribution in [0.5, 0.6) is 0 Å². The van der Waals surface area contributed by atoms with Crippen molar-refractivity contribution < 1.29 is 75.7 Å². The van der Waals surface area contributed by atoms with Crippen molar-refractivity contribution in [3.05, 3.63) is 246 Å². The molecule has 13 aromatic rings. The Labute approximate surface area is 885 Å². The Morgan fingerprint density at radius 3 is 1.28 bits per heavy atom. The van der Waals surface area contributed by atoms with E-state index in [0.29, 0.717) is 158 Å². The largest absolute Gasteiger partial charge is 0.465 e. The van der Waals surface area contributed by atoms with E-state index < -0.39 is 0 Å². The van der Waals surface area contributed by atoms with Crippen molar-refractivity contribution >= 4 is 236 Å². The summed E-state index contributed by atoms with van der Waals surface area (Å²) in [6.07, 6.45) is 9.31. The van der Waals surface area contributed by atoms with E-state index in [1.54, 1.807) is 72.0 Å². The molecule has 4 saturated carbocycles. The number of thiazole rings is 3. The molecule has 6 atom stereocenters. The van der Waals surface area contributed by atoms with Gasteiger partial charge in [-0.05, 0) is 263 Å². The van der Waals surface area contributed by atoms with Gasteiger partial charge < -0.3 is 80.1 Å². The van der Waals surface area contributed by atoms with Gasteiger partial charge in [0.2, 0.25) is 0 Å². The Kier molecular flexibility index (Phi) is 38.3. The van der Waals surface area contributed by atoms with Gasteiger partial charge in [0, 0.05) is 92.3 Å². The van der Waals surface area contributed by atoms with Gasteiger partial charge in [-0.2, -0.15) is 0 Å². The minimum absolute atomic E-state index is 0. The highest BCUT2D eigenvalue weighted by Gasteiger charge is 2.48. The predicted octanol–water partition coefficient (Wildman–Crippen LogP) is 26.5. The Morgan fingerprint density at radius 1 is 0.475 bits per heavy atom. The van der Waals surface area contributed by atoms with Gasteiger partial charge in [-0.3, -0.25) is 0 Å². The number of piperidine rings is 2. The second-order valence-corrected chi connectivity index (χ2v) is 42.9. The number of fused-ring (bicyclic) bond motifs is 7. The van der Waals surface area contributed by atoms with Crippen LogP contribution < -0.4 is 33.2 Å². The van der Waals surface area contributed by atoms with E-state index in [2.05, 4.69) is 125 Å². The first-order valence-electron chi connectivity index (χ1n) is 45.7. The van der Waals surface area contributed by atoms with Gasteiger partial charge >= 0.3 is 35.8 Å². The van der Waals surface area contributed by atoms with Crippen LogP contribution in [0.1, 0.15) is 262 Å². The second-order valence-electron chi connectivity index (χ2n) is 36.0. The van der Waals surface area contributed by atoms with Crippen molar-refractivity contribution in [2.75, 3.05) is 83.6 Å². The van der Waals surface area contributed by atoms with Crippen LogP contribution in [0.3, 0.4) is 0 Å². The van der Waals surface area contributed by atoms with Crippen LogP contribution in [-0.4, -0.2) is 141 Å². The van der Waals surface area contributed by atoms with Gasteiger partial charge in [0.15, 0.2) is 14.2 Å². The molecule has 9 N–H and O–H groups in total. The number of carbonyl (C=O) groups is 6. The normalized spacial score (nSPS) is 16.8. The van der Waals surface area contributed by atoms with Crippen molar-refractivity contribution in [3.63, 3.8) is 0 Å². The Hall–Kier alpha value is -9.86. The van der Waals surface area contributed by atoms with E-state index in [1.807, 2.05) is 87.5 Å². The topological polar surface area (TPSA) is 386 Å². The molecule has 7 heterocycles. The highest BCUT2D eigenvalue weighted by atomic mass is 127. The maximum Gasteiger partial charge on any atom is 0.337 e. The van der Waals surface area contributed by atoms with Crippen molar-refractivity contribution in [3.8, 4) is 22.5 Å². The van der Waals surface area contributed by atoms with Crippen LogP contribution in [0.2, 0.25) is 20.1 Å². The fourth-order valence-electron chi connectivity index (χ4n) is 17.4. The molecule has 6 fully saturated rings. The quantitative estimate of drug-likeness (QED) is 0.0182. The number of nitrogen functional groups attached to an aromatic ring is 4. The minimum atomic E-state index is -0.368. The molecule has 141 heavy (non-hydrogen) atoms. The third-order valence-electron chi connectivity index (χ3n) is 25.0. The van der Waals surface area contributed by atoms with Crippen LogP contribution in [0.25, 0.3) is 58.7 Å². The number of methoxy groups -OCH3 is 6. The molecule has 0 unspecified atom stereocenters. The Bertz CT molecular complexity index is 6620. The summed E-state index contributed by atoms with van der Waals surface area (Å²) in [7, 11) is 8.24. The second kappa shape index (κ2) is 49.1. The van der Waals surface area contributed by atoms with E-state index in [-0.39, 0.29) is 77.7 Å². The van der Waals surface area contributed by atoms with E-state index in [0.717, 1.165) is 165 Å². The number of ether oxygens (including phenoxy) is 8. The molecular weight excluding hydrogens is 2180 g/mol. The molecule has 0 amide bonds. The van der Waals surface area contributed by atoms with E-state index in [4.69, 9.17) is 107 Å². The lowest BCUT2D eigenvalue weighted by Crippen LogP contribution is -2.38. The molecule has 37 heteroatoms. The van der Waals surface area contributed by atoms with Gasteiger partial charge in [-0.15, -0.1) is 35.3 Å². The van der Waals surface area contributed by atoms with E-state index in [9.17, 15) is 28.8 Å². The van der Waals surface area contributed by atoms with Gasteiger partial charge in [0.25, 0.3) is 0 Å². The average Bonchev–Trinajstić information content (AvgIpc) is 1.60. The molecule has 2 saturated heterocycles. The molecule has 2 aliphatic heterocycles. The number of benzene rings is 8. The Balaban J connectivity index is 0.000000155. The molecule has 748 valence electrons. The zero-order chi connectivity index (χ0) is 101. The van der Waals surface area contributed by atoms with Crippen LogP contribution in [-0.2, 0) is 51.1 Å². The first-order chi connectivity index (χ1) is 66.8. The van der Waals surface area contributed by atoms with Gasteiger partial charge in [0.05, 0.1) is 152 Å². The van der Waals surface area contributed by atoms with E-state index >= 15 is 0 Å². The monoisotopic (exact) mass is 2290 g/mol. The highest BCUT2D eigenvalue weighted by molar-refractivity contribution is 14.0. The summed E-state index contributed by atoms with van der Waals surface area (Å²) in [4.78, 5) is 85.1. The van der Waals surface area contributed by atoms with Gasteiger partial charge in [-0.1, -0.05) is 153 Å². The number of carbonyl (C=O) groups excluding carboxylic acids is 6. The molecule has 8 aromatic carbocycles. The van der Waals surface area contributed by atoms with Crippen molar-refractivity contribution in [2.45, 2.75) is 187 Å². The summed E-state index contributed by atoms with van der Waals surface area (Å²) in [5, 5.41) is 16.1. The van der Waals surface area contributed by atoms with Crippen LogP contribution in [0.4, 0.5) is 27.3 Å². The SMILES string of the molecule is C=C(C)c1cc(C(=O)OC)ccc1N.COC(=O)c1cc(C(C)C)c2nc(Br)sc2c1.COC(=O)c1cc(C(C)C)c2nc(N)sc2c1.COC(=O)c1cc(C(C)C)c2nc(N3C[C@@H]4C[C@H]3C[C@H]4OCc3c(-c4c(Cl)cccc4Cl)noc3C3CC3)sc2c1.COC(=O)c1ccc(N)c(Br)c1.COC(=O)c1ccc(N)c(C(C)C)c1.Clc1cccc(Cl)c1-c1noc(C2CC2)c1CO[C@@H]1C[C@@H]2C[C@H]1CN2.I. The summed E-state index contributed by atoms with van der Waals surface area (Å²) < 4.78 is 57.2. The number of nitrogens with zero attached hydrogens (tertiary/aromatic N) is 6. The standard InChI is InChI=1S/C31H31Cl2N3O4S.C19H20Cl2N2O2.C12H12BrNO2S.C12H14N2O2S.C11H15NO2.C11H13NO2.C8H8BrNO2.HI/c1-15(2)20-10-17(30(37)38-3)11-25-27(20)34-31(41-25)36-13-18-9-19(36)12-24(18)39-14-21-28(35-40-29(21)16-7-8-16)26-22(32)5-4-6-23(26)33;20-14-2-1-3-15(21)17(14)18-13(19(25-23-18)10-4-5-10)9-24-16-7-12-6-11(16)8-22-12;2*1-6(2)8-4-7(11(15)16-3)5-9-10(8)14-12(13)17-9;2*1-7(2)9-6-8(11(13)14-3)4-5-10(9)12;1-12-8(11)5-2-3-7(10)6(9)4-5;/h4-6,10-11,15-16,18-19,24H,7-9,12-14H2,1-3H3;1-3,10-12,16,22H,4-9H2;4-6H,1-3H3;4-6H,1-3H3,(H2,13,14);4-7H,12H2,1-3H3;4-6H,1,12H2,2-3H3;2-4H,10H2,1H3;1H/t18-,19-,24+;11-,12-,16+;;;;;;/m00....../s1. The maximum atomic E-state index is 12.3. The summed E-state index contributed by atoms with van der Waals surface area (Å²) in [6, 6.07) is 38.2. The van der Waals surface area contributed by atoms with Crippen LogP contribution in [0.15, 0.2) is 151 Å². The van der Waals surface area contributed by atoms with Gasteiger partial charge in [-0.25, -0.2) is 43.7 Å². The molecule has 19 rings (SSSR count). The summed E-state index contributed by atoms with van der Waals surface area (Å²) in [5.41, 5.74) is 41.4. The molecule has 0 spiro atoms. The summed E-state index contributed by atoms with van der Waals surface area (Å²) >= 11 is 37.0. The number of anilines is 5. The first kappa shape index (κ1) is 110. The lowest BCUT2D eigenvalue weighted by molar-refractivity contribution is 0.00912. The zero-order valence-electron chi connectivity index (χ0n) is 80.7. The van der Waals surface area contributed by atoms with E-state index in [1.165, 1.54) is 71.8 Å². The third-order valence-corrected chi connectivity index (χ3v) is 30.3. The summed E-state index contributed by atoms with van der Waals surface area (Å²) in [6.45, 7) is 25.1. The molecule has 4 aliphatic carbocycles. The lowest BCUT2D eigenvalue weighted by Gasteiger charge is -2.31. The number of halogens is 7.